The molecule has 3 N–H and O–H groups in total. The number of benzene rings is 1. The van der Waals surface area contributed by atoms with E-state index in [2.05, 4.69) is 58.6 Å². The summed E-state index contributed by atoms with van der Waals surface area (Å²) in [7, 11) is 0. The minimum atomic E-state index is -0.784. The van der Waals surface area contributed by atoms with Crippen molar-refractivity contribution >= 4 is 29.6 Å². The SMILES string of the molecule is CSC1(CCNC(=O)CC2NC(=O)NC2=O)C=CC(c2ccccc2)C=C1. The average Bonchev–Trinajstić information content (AvgIpc) is 2.99. The van der Waals surface area contributed by atoms with Crippen LogP contribution in [0.25, 0.3) is 0 Å². The van der Waals surface area contributed by atoms with Crippen LogP contribution in [0.4, 0.5) is 4.79 Å². The van der Waals surface area contributed by atoms with Gasteiger partial charge in [0.15, 0.2) is 0 Å². The number of urea groups is 1. The van der Waals surface area contributed by atoms with Gasteiger partial charge in [-0.05, 0) is 18.2 Å². The van der Waals surface area contributed by atoms with E-state index in [4.69, 9.17) is 0 Å². The highest BCUT2D eigenvalue weighted by Crippen LogP contribution is 2.36. The van der Waals surface area contributed by atoms with Crippen molar-refractivity contribution in [2.24, 2.45) is 0 Å². The van der Waals surface area contributed by atoms with Gasteiger partial charge in [-0.2, -0.15) is 11.8 Å². The zero-order valence-corrected chi connectivity index (χ0v) is 15.9. The maximum atomic E-state index is 12.0. The highest BCUT2D eigenvalue weighted by molar-refractivity contribution is 8.00. The van der Waals surface area contributed by atoms with Gasteiger partial charge in [-0.3, -0.25) is 14.9 Å². The first-order valence-electron chi connectivity index (χ1n) is 8.88. The number of imide groups is 1. The maximum absolute atomic E-state index is 12.0. The Morgan fingerprint density at radius 2 is 1.89 bits per heavy atom. The van der Waals surface area contributed by atoms with Gasteiger partial charge < -0.3 is 10.6 Å². The van der Waals surface area contributed by atoms with Crippen molar-refractivity contribution in [3.8, 4) is 0 Å². The molecule has 1 aliphatic carbocycles. The second-order valence-electron chi connectivity index (χ2n) is 6.63. The third-order valence-corrected chi connectivity index (χ3v) is 6.06. The Bertz CT molecular complexity index is 762. The van der Waals surface area contributed by atoms with E-state index in [1.54, 1.807) is 11.8 Å². The number of rotatable bonds is 7. The molecule has 142 valence electrons. The van der Waals surface area contributed by atoms with E-state index in [1.807, 2.05) is 18.2 Å². The lowest BCUT2D eigenvalue weighted by molar-refractivity contribution is -0.126. The van der Waals surface area contributed by atoms with Crippen LogP contribution in [0.2, 0.25) is 0 Å². The van der Waals surface area contributed by atoms with Crippen molar-refractivity contribution in [1.29, 1.82) is 0 Å². The molecule has 1 fully saturated rings. The molecular weight excluding hydrogens is 362 g/mol. The predicted molar refractivity (Wildman–Crippen MR) is 106 cm³/mol. The first-order valence-corrected chi connectivity index (χ1v) is 10.1. The number of hydrogen-bond donors (Lipinski definition) is 3. The maximum Gasteiger partial charge on any atom is 0.322 e. The molecule has 1 heterocycles. The number of nitrogens with one attached hydrogen (secondary N) is 3. The molecule has 1 aromatic carbocycles. The molecule has 27 heavy (non-hydrogen) atoms. The van der Waals surface area contributed by atoms with Gasteiger partial charge in [-0.1, -0.05) is 54.6 Å². The van der Waals surface area contributed by atoms with Gasteiger partial charge in [0.25, 0.3) is 5.91 Å². The van der Waals surface area contributed by atoms with E-state index in [0.29, 0.717) is 6.54 Å². The zero-order chi connectivity index (χ0) is 19.3. The Balaban J connectivity index is 1.49. The van der Waals surface area contributed by atoms with Gasteiger partial charge >= 0.3 is 6.03 Å². The Morgan fingerprint density at radius 3 is 2.48 bits per heavy atom. The summed E-state index contributed by atoms with van der Waals surface area (Å²) in [6.45, 7) is 0.493. The Labute approximate surface area is 162 Å². The molecule has 0 aromatic heterocycles. The van der Waals surface area contributed by atoms with E-state index in [0.717, 1.165) is 6.42 Å². The van der Waals surface area contributed by atoms with Gasteiger partial charge in [-0.25, -0.2) is 4.79 Å². The molecule has 1 aliphatic heterocycles. The molecule has 4 amide bonds. The number of amides is 4. The molecule has 1 aromatic rings. The third kappa shape index (κ3) is 4.80. The molecule has 1 unspecified atom stereocenters. The summed E-state index contributed by atoms with van der Waals surface area (Å²) in [6, 6.07) is 8.98. The van der Waals surface area contributed by atoms with Crippen LogP contribution in [0.5, 0.6) is 0 Å². The number of thioether (sulfide) groups is 1. The van der Waals surface area contributed by atoms with Crippen LogP contribution in [0.15, 0.2) is 54.6 Å². The van der Waals surface area contributed by atoms with Crippen molar-refractivity contribution in [2.45, 2.75) is 29.5 Å². The van der Waals surface area contributed by atoms with Crippen molar-refractivity contribution in [1.82, 2.24) is 16.0 Å². The summed E-state index contributed by atoms with van der Waals surface area (Å²) >= 11 is 1.73. The average molecular weight is 385 g/mol. The van der Waals surface area contributed by atoms with Crippen molar-refractivity contribution < 1.29 is 14.4 Å². The first-order chi connectivity index (χ1) is 13.0. The van der Waals surface area contributed by atoms with Crippen LogP contribution in [-0.4, -0.2) is 41.4 Å². The minimum Gasteiger partial charge on any atom is -0.356 e. The largest absolute Gasteiger partial charge is 0.356 e. The molecule has 0 spiro atoms. The molecule has 7 heteroatoms. The van der Waals surface area contributed by atoms with Gasteiger partial charge in [0.05, 0.1) is 11.2 Å². The van der Waals surface area contributed by atoms with Crippen LogP contribution in [0.1, 0.15) is 24.3 Å². The second kappa shape index (κ2) is 8.43. The van der Waals surface area contributed by atoms with Crippen LogP contribution < -0.4 is 16.0 Å². The molecule has 3 rings (SSSR count). The Kier molecular flexibility index (Phi) is 6.01. The fourth-order valence-corrected chi connectivity index (χ4v) is 3.95. The van der Waals surface area contributed by atoms with Crippen LogP contribution in [0, 0.1) is 0 Å². The molecule has 2 aliphatic rings. The molecule has 0 saturated carbocycles. The summed E-state index contributed by atoms with van der Waals surface area (Å²) in [5.74, 6) is -0.439. The van der Waals surface area contributed by atoms with Crippen molar-refractivity contribution in [3.05, 3.63) is 60.2 Å². The molecule has 0 radical (unpaired) electrons. The quantitative estimate of drug-likeness (QED) is 0.496. The summed E-state index contributed by atoms with van der Waals surface area (Å²) in [5, 5.41) is 7.39. The van der Waals surface area contributed by atoms with Crippen molar-refractivity contribution in [3.63, 3.8) is 0 Å². The summed E-state index contributed by atoms with van der Waals surface area (Å²) < 4.78 is -0.155. The first kappa shape index (κ1) is 19.2. The number of allylic oxidation sites excluding steroid dienone is 2. The fourth-order valence-electron chi connectivity index (χ4n) is 3.21. The van der Waals surface area contributed by atoms with Crippen LogP contribution >= 0.6 is 11.8 Å². The monoisotopic (exact) mass is 385 g/mol. The van der Waals surface area contributed by atoms with Crippen molar-refractivity contribution in [2.75, 3.05) is 12.8 Å². The van der Waals surface area contributed by atoms with Crippen LogP contribution in [-0.2, 0) is 9.59 Å². The van der Waals surface area contributed by atoms with Gasteiger partial charge in [-0.15, -0.1) is 0 Å². The lowest BCUT2D eigenvalue weighted by Gasteiger charge is -2.29. The topological polar surface area (TPSA) is 87.3 Å². The Hall–Kier alpha value is -2.54. The van der Waals surface area contributed by atoms with E-state index in [9.17, 15) is 14.4 Å². The summed E-state index contributed by atoms with van der Waals surface area (Å²) in [4.78, 5) is 34.6. The fraction of sp³-hybridized carbons (Fsp3) is 0.350. The summed E-state index contributed by atoms with van der Waals surface area (Å²) in [6.07, 6.45) is 11.6. The smallest absolute Gasteiger partial charge is 0.322 e. The van der Waals surface area contributed by atoms with E-state index in [1.165, 1.54) is 5.56 Å². The van der Waals surface area contributed by atoms with Crippen LogP contribution in [0.3, 0.4) is 0 Å². The highest BCUT2D eigenvalue weighted by atomic mass is 32.2. The number of hydrogen-bond acceptors (Lipinski definition) is 4. The van der Waals surface area contributed by atoms with Gasteiger partial charge in [0, 0.05) is 12.5 Å². The lowest BCUT2D eigenvalue weighted by atomic mass is 9.89. The second-order valence-corrected chi connectivity index (χ2v) is 7.80. The minimum absolute atomic E-state index is 0.0500. The molecule has 0 bridgehead atoms. The van der Waals surface area contributed by atoms with Gasteiger partial charge in [0.1, 0.15) is 6.04 Å². The molecule has 1 atom stereocenters. The van der Waals surface area contributed by atoms with E-state index in [-0.39, 0.29) is 23.0 Å². The zero-order valence-electron chi connectivity index (χ0n) is 15.1. The number of carbonyl (C=O) groups is 3. The highest BCUT2D eigenvalue weighted by Gasteiger charge is 2.31. The van der Waals surface area contributed by atoms with E-state index < -0.39 is 18.0 Å². The summed E-state index contributed by atoms with van der Waals surface area (Å²) in [5.41, 5.74) is 1.25. The predicted octanol–water partition coefficient (Wildman–Crippen LogP) is 2.10. The van der Waals surface area contributed by atoms with Gasteiger partial charge in [0.2, 0.25) is 5.91 Å². The van der Waals surface area contributed by atoms with E-state index >= 15 is 0 Å². The Morgan fingerprint density at radius 1 is 1.19 bits per heavy atom. The normalized spacial score (nSPS) is 26.6. The lowest BCUT2D eigenvalue weighted by Crippen LogP contribution is -2.37. The standard InChI is InChI=1S/C20H23N3O3S/c1-27-20(9-7-15(8-10-20)14-5-3-2-4-6-14)11-12-21-17(24)13-16-18(25)23-19(26)22-16/h2-10,15-16H,11-13H2,1H3,(H,21,24)(H2,22,23,25,26). The number of carbonyl (C=O) groups excluding carboxylic acids is 3. The molecule has 1 saturated heterocycles. The molecule has 6 nitrogen and oxygen atoms in total. The third-order valence-electron chi connectivity index (χ3n) is 4.82. The molecular formula is C20H23N3O3S.